The van der Waals surface area contributed by atoms with Crippen LogP contribution in [0.1, 0.15) is 17.5 Å². The lowest BCUT2D eigenvalue weighted by Gasteiger charge is -2.08. The molecule has 0 atom stereocenters. The van der Waals surface area contributed by atoms with E-state index >= 15 is 0 Å². The molecule has 0 aromatic heterocycles. The van der Waals surface area contributed by atoms with Crippen molar-refractivity contribution in [3.63, 3.8) is 0 Å². The molecular formula is C12H19NOS. The van der Waals surface area contributed by atoms with E-state index in [0.29, 0.717) is 6.54 Å². The third kappa shape index (κ3) is 4.24. The highest BCUT2D eigenvalue weighted by Gasteiger charge is 2.01. The Kier molecular flexibility index (Phi) is 5.76. The Morgan fingerprint density at radius 2 is 2.20 bits per heavy atom. The van der Waals surface area contributed by atoms with Crippen molar-refractivity contribution < 1.29 is 4.74 Å². The number of methoxy groups -OCH3 is 1. The van der Waals surface area contributed by atoms with Crippen molar-refractivity contribution in [2.75, 3.05) is 19.5 Å². The number of hydrogen-bond donors (Lipinski definition) is 1. The molecule has 15 heavy (non-hydrogen) atoms. The average Bonchev–Trinajstić information content (AvgIpc) is 2.26. The van der Waals surface area contributed by atoms with Crippen LogP contribution in [0.5, 0.6) is 0 Å². The number of benzene rings is 1. The van der Waals surface area contributed by atoms with Crippen molar-refractivity contribution in [2.24, 2.45) is 5.73 Å². The van der Waals surface area contributed by atoms with Crippen LogP contribution in [-0.4, -0.2) is 19.5 Å². The second-order valence-electron chi connectivity index (χ2n) is 3.51. The number of hydrogen-bond acceptors (Lipinski definition) is 3. The second-order valence-corrected chi connectivity index (χ2v) is 4.65. The first-order valence-corrected chi connectivity index (χ1v) is 6.18. The van der Waals surface area contributed by atoms with Crippen molar-refractivity contribution in [1.82, 2.24) is 0 Å². The van der Waals surface area contributed by atoms with Gasteiger partial charge in [0.15, 0.2) is 0 Å². The summed E-state index contributed by atoms with van der Waals surface area (Å²) in [6.45, 7) is 3.55. The molecule has 0 aliphatic heterocycles. The summed E-state index contributed by atoms with van der Waals surface area (Å²) < 4.78 is 5.02. The molecule has 84 valence electrons. The molecule has 2 N–H and O–H groups in total. The number of rotatable bonds is 6. The molecule has 0 unspecified atom stereocenters. The molecule has 3 heteroatoms. The summed E-state index contributed by atoms with van der Waals surface area (Å²) in [6, 6.07) is 6.46. The van der Waals surface area contributed by atoms with Gasteiger partial charge in [-0.05, 0) is 25.0 Å². The van der Waals surface area contributed by atoms with Crippen LogP contribution in [0.2, 0.25) is 0 Å². The summed E-state index contributed by atoms with van der Waals surface area (Å²) in [5.74, 6) is 1.09. The molecule has 0 aliphatic carbocycles. The second kappa shape index (κ2) is 6.88. The molecule has 0 heterocycles. The van der Waals surface area contributed by atoms with E-state index in [-0.39, 0.29) is 0 Å². The summed E-state index contributed by atoms with van der Waals surface area (Å²) in [4.78, 5) is 1.30. The predicted molar refractivity (Wildman–Crippen MR) is 66.3 cm³/mol. The van der Waals surface area contributed by atoms with Gasteiger partial charge in [0, 0.05) is 30.9 Å². The zero-order valence-electron chi connectivity index (χ0n) is 9.45. The highest BCUT2D eigenvalue weighted by atomic mass is 32.2. The summed E-state index contributed by atoms with van der Waals surface area (Å²) >= 11 is 1.86. The van der Waals surface area contributed by atoms with Gasteiger partial charge in [-0.1, -0.05) is 17.7 Å². The number of nitrogens with two attached hydrogens (primary N) is 1. The minimum Gasteiger partial charge on any atom is -0.385 e. The molecule has 0 amide bonds. The number of thioether (sulfide) groups is 1. The summed E-state index contributed by atoms with van der Waals surface area (Å²) in [5, 5.41) is 0. The first-order valence-electron chi connectivity index (χ1n) is 5.19. The molecule has 1 aromatic carbocycles. The maximum absolute atomic E-state index is 5.71. The Hall–Kier alpha value is -0.510. The molecule has 0 spiro atoms. The lowest BCUT2D eigenvalue weighted by Crippen LogP contribution is -1.99. The maximum atomic E-state index is 5.71. The van der Waals surface area contributed by atoms with Gasteiger partial charge < -0.3 is 10.5 Å². The van der Waals surface area contributed by atoms with Crippen LogP contribution in [0, 0.1) is 6.92 Å². The van der Waals surface area contributed by atoms with Crippen molar-refractivity contribution in [3.8, 4) is 0 Å². The fourth-order valence-corrected chi connectivity index (χ4v) is 2.37. The number of ether oxygens (including phenoxy) is 1. The smallest absolute Gasteiger partial charge is 0.0470 e. The van der Waals surface area contributed by atoms with E-state index in [1.165, 1.54) is 16.0 Å². The Morgan fingerprint density at radius 3 is 2.87 bits per heavy atom. The van der Waals surface area contributed by atoms with E-state index < -0.39 is 0 Å². The molecule has 0 fully saturated rings. The Bertz CT molecular complexity index is 302. The van der Waals surface area contributed by atoms with Gasteiger partial charge in [0.1, 0.15) is 0 Å². The molecule has 0 saturated carbocycles. The van der Waals surface area contributed by atoms with Crippen LogP contribution in [0.25, 0.3) is 0 Å². The minimum atomic E-state index is 0.619. The van der Waals surface area contributed by atoms with Gasteiger partial charge in [-0.2, -0.15) is 0 Å². The van der Waals surface area contributed by atoms with Crippen LogP contribution in [0.15, 0.2) is 23.1 Å². The van der Waals surface area contributed by atoms with E-state index in [4.69, 9.17) is 10.5 Å². The largest absolute Gasteiger partial charge is 0.385 e. The summed E-state index contributed by atoms with van der Waals surface area (Å²) in [5.41, 5.74) is 8.23. The van der Waals surface area contributed by atoms with Gasteiger partial charge in [0.05, 0.1) is 0 Å². The molecule has 0 aliphatic rings. The maximum Gasteiger partial charge on any atom is 0.0470 e. The quantitative estimate of drug-likeness (QED) is 0.597. The third-order valence-corrected chi connectivity index (χ3v) is 3.39. The van der Waals surface area contributed by atoms with E-state index in [2.05, 4.69) is 25.1 Å². The fraction of sp³-hybridized carbons (Fsp3) is 0.500. The SMILES string of the molecule is COCCCSc1ccc(C)cc1CN. The molecule has 0 bridgehead atoms. The topological polar surface area (TPSA) is 35.2 Å². The Morgan fingerprint density at radius 1 is 1.40 bits per heavy atom. The molecule has 2 nitrogen and oxygen atoms in total. The lowest BCUT2D eigenvalue weighted by atomic mass is 10.1. The molecule has 0 saturated heterocycles. The zero-order valence-corrected chi connectivity index (χ0v) is 10.3. The van der Waals surface area contributed by atoms with Gasteiger partial charge >= 0.3 is 0 Å². The van der Waals surface area contributed by atoms with Crippen LogP contribution >= 0.6 is 11.8 Å². The molecule has 0 radical (unpaired) electrons. The zero-order chi connectivity index (χ0) is 11.1. The first kappa shape index (κ1) is 12.6. The Balaban J connectivity index is 2.52. The van der Waals surface area contributed by atoms with Crippen LogP contribution in [0.4, 0.5) is 0 Å². The van der Waals surface area contributed by atoms with Gasteiger partial charge in [-0.3, -0.25) is 0 Å². The highest BCUT2D eigenvalue weighted by molar-refractivity contribution is 7.99. The monoisotopic (exact) mass is 225 g/mol. The van der Waals surface area contributed by atoms with Crippen LogP contribution in [0.3, 0.4) is 0 Å². The molecule has 1 rings (SSSR count). The third-order valence-electron chi connectivity index (χ3n) is 2.19. The summed E-state index contributed by atoms with van der Waals surface area (Å²) in [6.07, 6.45) is 1.08. The highest BCUT2D eigenvalue weighted by Crippen LogP contribution is 2.24. The standard InChI is InChI=1S/C12H19NOS/c1-10-4-5-12(11(8-10)9-13)15-7-3-6-14-2/h4-5,8H,3,6-7,9,13H2,1-2H3. The van der Waals surface area contributed by atoms with Crippen molar-refractivity contribution >= 4 is 11.8 Å². The van der Waals surface area contributed by atoms with E-state index in [1.54, 1.807) is 7.11 Å². The Labute approximate surface area is 96.2 Å². The van der Waals surface area contributed by atoms with Gasteiger partial charge in [0.2, 0.25) is 0 Å². The van der Waals surface area contributed by atoms with Crippen molar-refractivity contribution in [2.45, 2.75) is 24.8 Å². The van der Waals surface area contributed by atoms with E-state index in [9.17, 15) is 0 Å². The van der Waals surface area contributed by atoms with E-state index in [0.717, 1.165) is 18.8 Å². The summed E-state index contributed by atoms with van der Waals surface area (Å²) in [7, 11) is 1.74. The van der Waals surface area contributed by atoms with Crippen LogP contribution in [-0.2, 0) is 11.3 Å². The average molecular weight is 225 g/mol. The fourth-order valence-electron chi connectivity index (χ4n) is 1.39. The number of aryl methyl sites for hydroxylation is 1. The lowest BCUT2D eigenvalue weighted by molar-refractivity contribution is 0.200. The van der Waals surface area contributed by atoms with Gasteiger partial charge in [-0.15, -0.1) is 11.8 Å². The van der Waals surface area contributed by atoms with Crippen LogP contribution < -0.4 is 5.73 Å². The first-order chi connectivity index (χ1) is 7.27. The predicted octanol–water partition coefficient (Wildman–Crippen LogP) is 2.58. The van der Waals surface area contributed by atoms with E-state index in [1.807, 2.05) is 11.8 Å². The molecule has 1 aromatic rings. The molecular weight excluding hydrogens is 206 g/mol. The van der Waals surface area contributed by atoms with Crippen molar-refractivity contribution in [3.05, 3.63) is 29.3 Å². The minimum absolute atomic E-state index is 0.619. The normalized spacial score (nSPS) is 10.6. The van der Waals surface area contributed by atoms with Crippen molar-refractivity contribution in [1.29, 1.82) is 0 Å². The van der Waals surface area contributed by atoms with Gasteiger partial charge in [-0.25, -0.2) is 0 Å². The van der Waals surface area contributed by atoms with Gasteiger partial charge in [0.25, 0.3) is 0 Å².